The van der Waals surface area contributed by atoms with E-state index in [0.29, 0.717) is 5.82 Å². The Morgan fingerprint density at radius 1 is 1.53 bits per heavy atom. The van der Waals surface area contributed by atoms with Gasteiger partial charge in [0.15, 0.2) is 0 Å². The lowest BCUT2D eigenvalue weighted by atomic mass is 10.2. The highest BCUT2D eigenvalue weighted by atomic mass is 19.4. The number of rotatable bonds is 3. The largest absolute Gasteiger partial charge is 0.406 e. The predicted octanol–water partition coefficient (Wildman–Crippen LogP) is 1.000. The van der Waals surface area contributed by atoms with Crippen LogP contribution in [-0.4, -0.2) is 26.5 Å². The van der Waals surface area contributed by atoms with Crippen molar-refractivity contribution in [3.05, 3.63) is 12.2 Å². The highest BCUT2D eigenvalue weighted by molar-refractivity contribution is 5.08. The topological polar surface area (TPSA) is 42.7 Å². The van der Waals surface area contributed by atoms with Crippen molar-refractivity contribution in [3.63, 3.8) is 0 Å². The van der Waals surface area contributed by atoms with Crippen molar-refractivity contribution in [2.24, 2.45) is 7.05 Å². The first-order chi connectivity index (χ1) is 6.95. The summed E-state index contributed by atoms with van der Waals surface area (Å²) in [4.78, 5) is 3.85. The molecule has 0 aliphatic heterocycles. The Balaban J connectivity index is 1.97. The Kier molecular flexibility index (Phi) is 2.22. The zero-order valence-corrected chi connectivity index (χ0v) is 8.17. The summed E-state index contributed by atoms with van der Waals surface area (Å²) in [5.41, 5.74) is -1.68. The van der Waals surface area contributed by atoms with Gasteiger partial charge in [0.25, 0.3) is 0 Å². The molecule has 0 amide bonds. The second-order valence-corrected chi connectivity index (χ2v) is 3.73. The van der Waals surface area contributed by atoms with Crippen LogP contribution < -0.4 is 5.32 Å². The van der Waals surface area contributed by atoms with Crippen molar-refractivity contribution >= 4 is 0 Å². The van der Waals surface area contributed by atoms with Crippen LogP contribution in [0.15, 0.2) is 6.33 Å². The van der Waals surface area contributed by atoms with Gasteiger partial charge in [-0.25, -0.2) is 4.98 Å². The molecule has 1 saturated carbocycles. The van der Waals surface area contributed by atoms with E-state index in [-0.39, 0.29) is 19.4 Å². The molecule has 1 heterocycles. The van der Waals surface area contributed by atoms with Gasteiger partial charge in [0.2, 0.25) is 0 Å². The third kappa shape index (κ3) is 1.83. The van der Waals surface area contributed by atoms with Gasteiger partial charge in [0.05, 0.1) is 6.54 Å². The van der Waals surface area contributed by atoms with Crippen molar-refractivity contribution in [3.8, 4) is 0 Å². The van der Waals surface area contributed by atoms with Crippen molar-refractivity contribution in [2.45, 2.75) is 31.1 Å². The summed E-state index contributed by atoms with van der Waals surface area (Å²) >= 11 is 0. The molecule has 0 spiro atoms. The van der Waals surface area contributed by atoms with Gasteiger partial charge in [-0.2, -0.15) is 18.3 Å². The average molecular weight is 220 g/mol. The first-order valence-corrected chi connectivity index (χ1v) is 4.59. The summed E-state index contributed by atoms with van der Waals surface area (Å²) in [6.07, 6.45) is -2.56. The van der Waals surface area contributed by atoms with Crippen molar-refractivity contribution < 1.29 is 13.2 Å². The molecule has 1 N–H and O–H groups in total. The number of hydrogen-bond acceptors (Lipinski definition) is 3. The minimum atomic E-state index is -4.18. The van der Waals surface area contributed by atoms with Gasteiger partial charge in [-0.3, -0.25) is 10.00 Å². The minimum absolute atomic E-state index is 0.0933. The van der Waals surface area contributed by atoms with E-state index in [9.17, 15) is 13.2 Å². The van der Waals surface area contributed by atoms with E-state index in [2.05, 4.69) is 15.4 Å². The monoisotopic (exact) mass is 220 g/mol. The highest BCUT2D eigenvalue weighted by Gasteiger charge is 2.63. The molecule has 1 aliphatic rings. The van der Waals surface area contributed by atoms with Crippen molar-refractivity contribution in [2.75, 3.05) is 0 Å². The van der Waals surface area contributed by atoms with Crippen LogP contribution in [0.25, 0.3) is 0 Å². The maximum absolute atomic E-state index is 12.5. The first-order valence-electron chi connectivity index (χ1n) is 4.59. The smallest absolute Gasteiger partial charge is 0.296 e. The number of aryl methyl sites for hydroxylation is 1. The normalized spacial score (nSPS) is 19.2. The van der Waals surface area contributed by atoms with Crippen molar-refractivity contribution in [1.82, 2.24) is 20.1 Å². The van der Waals surface area contributed by atoms with E-state index in [1.807, 2.05) is 0 Å². The van der Waals surface area contributed by atoms with Crippen LogP contribution in [0.5, 0.6) is 0 Å². The molecule has 1 aromatic heterocycles. The molecule has 0 bridgehead atoms. The van der Waals surface area contributed by atoms with Crippen LogP contribution in [0.2, 0.25) is 0 Å². The Morgan fingerprint density at radius 3 is 2.60 bits per heavy atom. The molecule has 2 rings (SSSR count). The summed E-state index contributed by atoms with van der Waals surface area (Å²) in [5, 5.41) is 6.29. The maximum Gasteiger partial charge on any atom is 0.406 e. The van der Waals surface area contributed by atoms with E-state index in [0.717, 1.165) is 0 Å². The fraction of sp³-hybridized carbons (Fsp3) is 0.750. The number of aromatic nitrogens is 3. The van der Waals surface area contributed by atoms with Gasteiger partial charge in [-0.15, -0.1) is 0 Å². The minimum Gasteiger partial charge on any atom is -0.296 e. The predicted molar refractivity (Wildman–Crippen MR) is 45.9 cm³/mol. The van der Waals surface area contributed by atoms with E-state index in [1.54, 1.807) is 7.05 Å². The molecule has 0 unspecified atom stereocenters. The molecule has 1 fully saturated rings. The van der Waals surface area contributed by atoms with Crippen LogP contribution in [0, 0.1) is 0 Å². The Hall–Kier alpha value is -1.11. The molecule has 0 saturated heterocycles. The molecule has 84 valence electrons. The SMILES string of the molecule is Cn1ncnc1CNC1(C(F)(F)F)CC1. The Bertz CT molecular complexity index is 353. The van der Waals surface area contributed by atoms with Crippen LogP contribution in [0.4, 0.5) is 13.2 Å². The number of alkyl halides is 3. The second-order valence-electron chi connectivity index (χ2n) is 3.73. The van der Waals surface area contributed by atoms with Gasteiger partial charge in [-0.1, -0.05) is 0 Å². The lowest BCUT2D eigenvalue weighted by Crippen LogP contribution is -2.44. The molecule has 1 aromatic rings. The molecular weight excluding hydrogens is 209 g/mol. The zero-order valence-electron chi connectivity index (χ0n) is 8.17. The summed E-state index contributed by atoms with van der Waals surface area (Å²) in [7, 11) is 1.65. The number of nitrogens with zero attached hydrogens (tertiary/aromatic N) is 3. The van der Waals surface area contributed by atoms with Crippen molar-refractivity contribution in [1.29, 1.82) is 0 Å². The van der Waals surface area contributed by atoms with Crippen LogP contribution in [-0.2, 0) is 13.6 Å². The molecule has 0 radical (unpaired) electrons. The quantitative estimate of drug-likeness (QED) is 0.826. The second kappa shape index (κ2) is 3.19. The van der Waals surface area contributed by atoms with Gasteiger partial charge in [0, 0.05) is 7.05 Å². The van der Waals surface area contributed by atoms with Crippen LogP contribution >= 0.6 is 0 Å². The molecule has 0 atom stereocenters. The summed E-state index contributed by atoms with van der Waals surface area (Å²) in [6, 6.07) is 0. The summed E-state index contributed by atoms with van der Waals surface area (Å²) < 4.78 is 39.0. The molecule has 15 heavy (non-hydrogen) atoms. The molecule has 4 nitrogen and oxygen atoms in total. The third-order valence-corrected chi connectivity index (χ3v) is 2.68. The fourth-order valence-electron chi connectivity index (χ4n) is 1.41. The average Bonchev–Trinajstić information content (AvgIpc) is 2.82. The molecule has 0 aromatic carbocycles. The number of hydrogen-bond donors (Lipinski definition) is 1. The van der Waals surface area contributed by atoms with E-state index < -0.39 is 11.7 Å². The molecular formula is C8H11F3N4. The van der Waals surface area contributed by atoms with E-state index in [4.69, 9.17) is 0 Å². The maximum atomic E-state index is 12.5. The third-order valence-electron chi connectivity index (χ3n) is 2.68. The zero-order chi connectivity index (χ0) is 11.1. The lowest BCUT2D eigenvalue weighted by Gasteiger charge is -2.20. The van der Waals surface area contributed by atoms with Gasteiger partial charge < -0.3 is 0 Å². The molecule has 1 aliphatic carbocycles. The van der Waals surface area contributed by atoms with Crippen LogP contribution in [0.3, 0.4) is 0 Å². The van der Waals surface area contributed by atoms with E-state index in [1.165, 1.54) is 11.0 Å². The van der Waals surface area contributed by atoms with Gasteiger partial charge >= 0.3 is 6.18 Å². The fourth-order valence-corrected chi connectivity index (χ4v) is 1.41. The summed E-state index contributed by atoms with van der Waals surface area (Å²) in [5.74, 6) is 0.505. The number of nitrogens with one attached hydrogen (secondary N) is 1. The Labute approximate surface area is 84.5 Å². The first kappa shape index (κ1) is 10.4. The van der Waals surface area contributed by atoms with Gasteiger partial charge in [0.1, 0.15) is 17.7 Å². The lowest BCUT2D eigenvalue weighted by molar-refractivity contribution is -0.166. The standard InChI is InChI=1S/C8H11F3N4/c1-15-6(12-5-14-15)4-13-7(2-3-7)8(9,10)11/h5,13H,2-4H2,1H3. The Morgan fingerprint density at radius 2 is 2.20 bits per heavy atom. The van der Waals surface area contributed by atoms with Crippen LogP contribution in [0.1, 0.15) is 18.7 Å². The van der Waals surface area contributed by atoms with E-state index >= 15 is 0 Å². The molecule has 7 heteroatoms. The summed E-state index contributed by atoms with van der Waals surface area (Å²) in [6.45, 7) is 0.0933. The van der Waals surface area contributed by atoms with Gasteiger partial charge in [-0.05, 0) is 12.8 Å². The highest BCUT2D eigenvalue weighted by Crippen LogP contribution is 2.48. The number of halogens is 3.